The SMILES string of the molecule is COC(CNC(=O)c1ccc(F)cc1F)OC. The van der Waals surface area contributed by atoms with E-state index in [-0.39, 0.29) is 12.1 Å². The molecule has 0 saturated heterocycles. The predicted octanol–water partition coefficient (Wildman–Crippen LogP) is 1.31. The molecule has 0 heterocycles. The Balaban J connectivity index is 2.64. The first-order valence-electron chi connectivity index (χ1n) is 4.87. The minimum atomic E-state index is -0.908. The Morgan fingerprint density at radius 2 is 2.00 bits per heavy atom. The molecule has 0 unspecified atom stereocenters. The van der Waals surface area contributed by atoms with Crippen LogP contribution < -0.4 is 5.32 Å². The van der Waals surface area contributed by atoms with Crippen LogP contribution in [0.15, 0.2) is 18.2 Å². The highest BCUT2D eigenvalue weighted by Gasteiger charge is 2.14. The van der Waals surface area contributed by atoms with Crippen LogP contribution in [0.2, 0.25) is 0 Å². The van der Waals surface area contributed by atoms with Crippen molar-refractivity contribution in [3.05, 3.63) is 35.4 Å². The molecule has 0 saturated carbocycles. The summed E-state index contributed by atoms with van der Waals surface area (Å²) in [5, 5.41) is 2.41. The molecule has 1 amide bonds. The van der Waals surface area contributed by atoms with E-state index in [9.17, 15) is 13.6 Å². The van der Waals surface area contributed by atoms with Gasteiger partial charge in [0.25, 0.3) is 5.91 Å². The molecule has 0 bridgehead atoms. The van der Waals surface area contributed by atoms with Gasteiger partial charge >= 0.3 is 0 Å². The molecule has 0 radical (unpaired) electrons. The zero-order chi connectivity index (χ0) is 12.8. The molecule has 0 aromatic heterocycles. The molecule has 0 aliphatic heterocycles. The van der Waals surface area contributed by atoms with Crippen LogP contribution in [0, 0.1) is 11.6 Å². The third-order valence-electron chi connectivity index (χ3n) is 2.13. The normalized spacial score (nSPS) is 10.6. The first-order valence-corrected chi connectivity index (χ1v) is 4.87. The summed E-state index contributed by atoms with van der Waals surface area (Å²) >= 11 is 0. The molecule has 0 fully saturated rings. The molecule has 1 rings (SSSR count). The molecule has 17 heavy (non-hydrogen) atoms. The highest BCUT2D eigenvalue weighted by atomic mass is 19.1. The van der Waals surface area contributed by atoms with Gasteiger partial charge in [-0.25, -0.2) is 8.78 Å². The van der Waals surface area contributed by atoms with Crippen molar-refractivity contribution in [1.29, 1.82) is 0 Å². The topological polar surface area (TPSA) is 47.6 Å². The van der Waals surface area contributed by atoms with Gasteiger partial charge in [-0.05, 0) is 12.1 Å². The quantitative estimate of drug-likeness (QED) is 0.796. The summed E-state index contributed by atoms with van der Waals surface area (Å²) in [5.74, 6) is -2.29. The van der Waals surface area contributed by atoms with Gasteiger partial charge in [0.2, 0.25) is 0 Å². The molecule has 1 aromatic carbocycles. The van der Waals surface area contributed by atoms with Gasteiger partial charge in [0, 0.05) is 20.3 Å². The van der Waals surface area contributed by atoms with Crippen LogP contribution in [0.3, 0.4) is 0 Å². The van der Waals surface area contributed by atoms with Gasteiger partial charge in [-0.2, -0.15) is 0 Å². The first-order chi connectivity index (χ1) is 8.08. The van der Waals surface area contributed by atoms with Crippen molar-refractivity contribution in [2.45, 2.75) is 6.29 Å². The number of methoxy groups -OCH3 is 2. The fraction of sp³-hybridized carbons (Fsp3) is 0.364. The molecular weight excluding hydrogens is 232 g/mol. The van der Waals surface area contributed by atoms with Crippen molar-refractivity contribution in [2.75, 3.05) is 20.8 Å². The van der Waals surface area contributed by atoms with Crippen molar-refractivity contribution < 1.29 is 23.0 Å². The average molecular weight is 245 g/mol. The maximum atomic E-state index is 13.2. The zero-order valence-electron chi connectivity index (χ0n) is 9.50. The van der Waals surface area contributed by atoms with E-state index in [1.165, 1.54) is 14.2 Å². The number of nitrogens with one attached hydrogen (secondary N) is 1. The van der Waals surface area contributed by atoms with Crippen LogP contribution in [0.5, 0.6) is 0 Å². The van der Waals surface area contributed by atoms with E-state index >= 15 is 0 Å². The van der Waals surface area contributed by atoms with Crippen LogP contribution in [0.1, 0.15) is 10.4 Å². The van der Waals surface area contributed by atoms with E-state index in [0.717, 1.165) is 12.1 Å². The van der Waals surface area contributed by atoms with Gasteiger partial charge in [-0.1, -0.05) is 0 Å². The third-order valence-corrected chi connectivity index (χ3v) is 2.13. The van der Waals surface area contributed by atoms with Gasteiger partial charge < -0.3 is 14.8 Å². The molecule has 0 aliphatic rings. The third kappa shape index (κ3) is 3.76. The highest BCUT2D eigenvalue weighted by molar-refractivity contribution is 5.94. The standard InChI is InChI=1S/C11H13F2NO3/c1-16-10(17-2)6-14-11(15)8-4-3-7(12)5-9(8)13/h3-5,10H,6H2,1-2H3,(H,14,15). The number of benzene rings is 1. The van der Waals surface area contributed by atoms with E-state index in [1.807, 2.05) is 0 Å². The fourth-order valence-electron chi connectivity index (χ4n) is 1.21. The lowest BCUT2D eigenvalue weighted by molar-refractivity contribution is -0.0974. The van der Waals surface area contributed by atoms with Gasteiger partial charge in [0.05, 0.1) is 12.1 Å². The number of amides is 1. The predicted molar refractivity (Wildman–Crippen MR) is 56.5 cm³/mol. The Labute approximate surface area is 97.5 Å². The molecule has 1 N–H and O–H groups in total. The van der Waals surface area contributed by atoms with Crippen molar-refractivity contribution in [1.82, 2.24) is 5.32 Å². The van der Waals surface area contributed by atoms with Crippen LogP contribution in [0.4, 0.5) is 8.78 Å². The van der Waals surface area contributed by atoms with Crippen molar-refractivity contribution in [2.24, 2.45) is 0 Å². The lowest BCUT2D eigenvalue weighted by Gasteiger charge is -2.14. The molecule has 1 aromatic rings. The van der Waals surface area contributed by atoms with Crippen molar-refractivity contribution in [3.8, 4) is 0 Å². The van der Waals surface area contributed by atoms with E-state index in [2.05, 4.69) is 5.32 Å². The van der Waals surface area contributed by atoms with Gasteiger partial charge in [-0.15, -0.1) is 0 Å². The Hall–Kier alpha value is -1.53. The molecule has 0 atom stereocenters. The van der Waals surface area contributed by atoms with Gasteiger partial charge in [0.15, 0.2) is 6.29 Å². The van der Waals surface area contributed by atoms with Crippen LogP contribution in [-0.2, 0) is 9.47 Å². The van der Waals surface area contributed by atoms with E-state index in [1.54, 1.807) is 0 Å². The second-order valence-corrected chi connectivity index (χ2v) is 3.24. The number of hydrogen-bond acceptors (Lipinski definition) is 3. The summed E-state index contributed by atoms with van der Waals surface area (Å²) in [6.07, 6.45) is -0.609. The minimum Gasteiger partial charge on any atom is -0.354 e. The smallest absolute Gasteiger partial charge is 0.254 e. The number of rotatable bonds is 5. The summed E-state index contributed by atoms with van der Waals surface area (Å²) in [6.45, 7) is 0.0721. The largest absolute Gasteiger partial charge is 0.354 e. The summed E-state index contributed by atoms with van der Waals surface area (Å²) in [4.78, 5) is 11.5. The molecule has 4 nitrogen and oxygen atoms in total. The second kappa shape index (κ2) is 6.27. The molecule has 94 valence electrons. The number of carbonyl (C=O) groups is 1. The molecule has 0 spiro atoms. The van der Waals surface area contributed by atoms with E-state index in [4.69, 9.17) is 9.47 Å². The summed E-state index contributed by atoms with van der Waals surface area (Å²) in [7, 11) is 2.83. The molecular formula is C11H13F2NO3. The summed E-state index contributed by atoms with van der Waals surface area (Å²) in [5.41, 5.74) is -0.225. The van der Waals surface area contributed by atoms with Crippen LogP contribution >= 0.6 is 0 Å². The Bertz CT molecular complexity index is 394. The first kappa shape index (κ1) is 13.5. The Morgan fingerprint density at radius 3 is 2.53 bits per heavy atom. The number of carbonyl (C=O) groups excluding carboxylic acids is 1. The number of hydrogen-bond donors (Lipinski definition) is 1. The lowest BCUT2D eigenvalue weighted by Crippen LogP contribution is -2.34. The molecule has 6 heteroatoms. The van der Waals surface area contributed by atoms with E-state index in [0.29, 0.717) is 6.07 Å². The lowest BCUT2D eigenvalue weighted by atomic mass is 10.2. The minimum absolute atomic E-state index is 0.0721. The average Bonchev–Trinajstić information content (AvgIpc) is 2.30. The maximum absolute atomic E-state index is 13.2. The van der Waals surface area contributed by atoms with Gasteiger partial charge in [0.1, 0.15) is 11.6 Å². The highest BCUT2D eigenvalue weighted by Crippen LogP contribution is 2.09. The van der Waals surface area contributed by atoms with Crippen molar-refractivity contribution >= 4 is 5.91 Å². The van der Waals surface area contributed by atoms with Gasteiger partial charge in [-0.3, -0.25) is 4.79 Å². The molecule has 0 aliphatic carbocycles. The zero-order valence-corrected chi connectivity index (χ0v) is 9.50. The Kier molecular flexibility index (Phi) is 4.99. The van der Waals surface area contributed by atoms with E-state index < -0.39 is 23.8 Å². The monoisotopic (exact) mass is 245 g/mol. The fourth-order valence-corrected chi connectivity index (χ4v) is 1.21. The number of halogens is 2. The Morgan fingerprint density at radius 1 is 1.35 bits per heavy atom. The maximum Gasteiger partial charge on any atom is 0.254 e. The van der Waals surface area contributed by atoms with Crippen LogP contribution in [-0.4, -0.2) is 33.0 Å². The van der Waals surface area contributed by atoms with Crippen molar-refractivity contribution in [3.63, 3.8) is 0 Å². The van der Waals surface area contributed by atoms with Crippen LogP contribution in [0.25, 0.3) is 0 Å². The number of ether oxygens (including phenoxy) is 2. The summed E-state index contributed by atoms with van der Waals surface area (Å²) in [6, 6.07) is 2.75. The summed E-state index contributed by atoms with van der Waals surface area (Å²) < 4.78 is 35.5. The second-order valence-electron chi connectivity index (χ2n) is 3.24.